The summed E-state index contributed by atoms with van der Waals surface area (Å²) in [6.45, 7) is 14.0. The first-order valence-electron chi connectivity index (χ1n) is 7.71. The van der Waals surface area contributed by atoms with E-state index in [4.69, 9.17) is 4.74 Å². The zero-order valence-electron chi connectivity index (χ0n) is 14.4. The smallest absolute Gasteiger partial charge is 0.323 e. The first-order chi connectivity index (χ1) is 9.41. The number of hydrogen-bond donors (Lipinski definition) is 1. The van der Waals surface area contributed by atoms with Crippen LogP contribution in [0, 0.1) is 0 Å². The van der Waals surface area contributed by atoms with Gasteiger partial charge in [-0.05, 0) is 67.9 Å². The van der Waals surface area contributed by atoms with Crippen molar-refractivity contribution in [3.63, 3.8) is 0 Å². The van der Waals surface area contributed by atoms with Gasteiger partial charge in [0.25, 0.3) is 0 Å². The van der Waals surface area contributed by atoms with Crippen molar-refractivity contribution in [1.82, 2.24) is 10.2 Å². The zero-order valence-corrected chi connectivity index (χ0v) is 14.4. The van der Waals surface area contributed by atoms with Crippen molar-refractivity contribution in [2.45, 2.75) is 84.5 Å². The van der Waals surface area contributed by atoms with E-state index >= 15 is 0 Å². The lowest BCUT2D eigenvalue weighted by Crippen LogP contribution is -2.54. The van der Waals surface area contributed by atoms with Crippen molar-refractivity contribution < 1.29 is 14.3 Å². The minimum Gasteiger partial charge on any atom is -0.459 e. The Kier molecular flexibility index (Phi) is 5.42. The summed E-state index contributed by atoms with van der Waals surface area (Å²) in [4.78, 5) is 26.5. The van der Waals surface area contributed by atoms with Gasteiger partial charge in [0.15, 0.2) is 0 Å². The van der Waals surface area contributed by atoms with E-state index in [1.54, 1.807) is 0 Å². The number of nitrogens with zero attached hydrogens (tertiary/aromatic N) is 1. The van der Waals surface area contributed by atoms with Crippen LogP contribution in [-0.2, 0) is 14.3 Å². The van der Waals surface area contributed by atoms with Crippen molar-refractivity contribution in [2.24, 2.45) is 0 Å². The van der Waals surface area contributed by atoms with Gasteiger partial charge in [0.2, 0.25) is 5.91 Å². The molecule has 0 bridgehead atoms. The van der Waals surface area contributed by atoms with Gasteiger partial charge in [-0.15, -0.1) is 0 Å². The van der Waals surface area contributed by atoms with Gasteiger partial charge in [-0.25, -0.2) is 0 Å². The molecule has 1 fully saturated rings. The Morgan fingerprint density at radius 3 is 2.24 bits per heavy atom. The topological polar surface area (TPSA) is 58.6 Å². The molecule has 1 N–H and O–H groups in total. The number of rotatable bonds is 3. The molecule has 0 aromatic heterocycles. The van der Waals surface area contributed by atoms with Gasteiger partial charge in [0, 0.05) is 5.54 Å². The lowest BCUT2D eigenvalue weighted by molar-refractivity contribution is -0.161. The molecule has 1 unspecified atom stereocenters. The molecular formula is C16H30N2O3. The zero-order chi connectivity index (χ0) is 16.4. The number of esters is 1. The molecule has 1 aliphatic heterocycles. The number of nitrogens with one attached hydrogen (secondary N) is 1. The molecule has 0 aliphatic carbocycles. The quantitative estimate of drug-likeness (QED) is 0.811. The highest BCUT2D eigenvalue weighted by Crippen LogP contribution is 2.23. The van der Waals surface area contributed by atoms with Gasteiger partial charge in [0.1, 0.15) is 11.6 Å². The van der Waals surface area contributed by atoms with Gasteiger partial charge in [-0.3, -0.25) is 14.5 Å². The van der Waals surface area contributed by atoms with E-state index in [1.165, 1.54) is 0 Å². The summed E-state index contributed by atoms with van der Waals surface area (Å²) in [6.07, 6.45) is 1.67. The van der Waals surface area contributed by atoms with E-state index in [0.717, 1.165) is 19.4 Å². The van der Waals surface area contributed by atoms with Crippen LogP contribution in [0.3, 0.4) is 0 Å². The number of hydrogen-bond acceptors (Lipinski definition) is 4. The van der Waals surface area contributed by atoms with E-state index in [-0.39, 0.29) is 29.5 Å². The largest absolute Gasteiger partial charge is 0.459 e. The Bertz CT molecular complexity index is 393. The van der Waals surface area contributed by atoms with E-state index in [1.807, 2.05) is 53.4 Å². The summed E-state index contributed by atoms with van der Waals surface area (Å²) >= 11 is 0. The Balaban J connectivity index is 2.72. The van der Waals surface area contributed by atoms with Gasteiger partial charge in [-0.2, -0.15) is 0 Å². The van der Waals surface area contributed by atoms with E-state index < -0.39 is 5.60 Å². The molecule has 1 rings (SSSR count). The molecule has 1 heterocycles. The maximum atomic E-state index is 12.3. The molecule has 0 aromatic rings. The van der Waals surface area contributed by atoms with Crippen LogP contribution in [0.5, 0.6) is 0 Å². The number of carbonyl (C=O) groups is 2. The lowest BCUT2D eigenvalue weighted by atomic mass is 10.1. The van der Waals surface area contributed by atoms with Crippen LogP contribution in [0.2, 0.25) is 0 Å². The Morgan fingerprint density at radius 2 is 1.76 bits per heavy atom. The van der Waals surface area contributed by atoms with Gasteiger partial charge >= 0.3 is 5.97 Å². The number of carbonyl (C=O) groups excluding carboxylic acids is 2. The molecule has 5 nitrogen and oxygen atoms in total. The third kappa shape index (κ3) is 5.65. The summed E-state index contributed by atoms with van der Waals surface area (Å²) in [5.41, 5.74) is -0.769. The summed E-state index contributed by atoms with van der Waals surface area (Å²) in [5.74, 6) is -0.270. The normalized spacial score (nSPS) is 22.0. The van der Waals surface area contributed by atoms with Crippen LogP contribution in [0.4, 0.5) is 0 Å². The second kappa shape index (κ2) is 6.34. The molecule has 0 spiro atoms. The van der Waals surface area contributed by atoms with Gasteiger partial charge in [0.05, 0.1) is 6.04 Å². The molecule has 0 saturated carbocycles. The highest BCUT2D eigenvalue weighted by Gasteiger charge is 2.39. The summed E-state index contributed by atoms with van der Waals surface area (Å²) in [6, 6.07) is -0.644. The maximum Gasteiger partial charge on any atom is 0.323 e. The van der Waals surface area contributed by atoms with Crippen LogP contribution < -0.4 is 5.32 Å². The Morgan fingerprint density at radius 1 is 1.19 bits per heavy atom. The average Bonchev–Trinajstić information content (AvgIpc) is 2.71. The van der Waals surface area contributed by atoms with Crippen molar-refractivity contribution >= 4 is 11.9 Å². The van der Waals surface area contributed by atoms with Crippen LogP contribution in [0.1, 0.15) is 61.3 Å². The van der Waals surface area contributed by atoms with Crippen molar-refractivity contribution in [2.75, 3.05) is 6.54 Å². The van der Waals surface area contributed by atoms with Crippen molar-refractivity contribution in [3.05, 3.63) is 0 Å². The predicted molar refractivity (Wildman–Crippen MR) is 82.9 cm³/mol. The van der Waals surface area contributed by atoms with Crippen molar-refractivity contribution in [1.29, 1.82) is 0 Å². The van der Waals surface area contributed by atoms with Crippen LogP contribution >= 0.6 is 0 Å². The van der Waals surface area contributed by atoms with Gasteiger partial charge in [-0.1, -0.05) is 0 Å². The van der Waals surface area contributed by atoms with E-state index in [0.29, 0.717) is 0 Å². The fourth-order valence-electron chi connectivity index (χ4n) is 2.50. The van der Waals surface area contributed by atoms with Crippen molar-refractivity contribution in [3.8, 4) is 0 Å². The van der Waals surface area contributed by atoms with Crippen LogP contribution in [0.25, 0.3) is 0 Å². The van der Waals surface area contributed by atoms with E-state index in [2.05, 4.69) is 5.32 Å². The molecular weight excluding hydrogens is 268 g/mol. The monoisotopic (exact) mass is 298 g/mol. The number of ether oxygens (including phenoxy) is 1. The van der Waals surface area contributed by atoms with Crippen LogP contribution in [0.15, 0.2) is 0 Å². The number of amides is 1. The average molecular weight is 298 g/mol. The third-order valence-electron chi connectivity index (χ3n) is 3.35. The summed E-state index contributed by atoms with van der Waals surface area (Å²) in [7, 11) is 0. The Labute approximate surface area is 128 Å². The first-order valence-corrected chi connectivity index (χ1v) is 7.71. The summed E-state index contributed by atoms with van der Waals surface area (Å²) in [5, 5.41) is 2.97. The summed E-state index contributed by atoms with van der Waals surface area (Å²) < 4.78 is 5.47. The highest BCUT2D eigenvalue weighted by atomic mass is 16.6. The molecule has 1 aliphatic rings. The highest BCUT2D eigenvalue weighted by molar-refractivity contribution is 5.84. The molecule has 21 heavy (non-hydrogen) atoms. The van der Waals surface area contributed by atoms with Gasteiger partial charge < -0.3 is 10.1 Å². The maximum absolute atomic E-state index is 12.3. The lowest BCUT2D eigenvalue weighted by Gasteiger charge is -2.32. The molecule has 0 aromatic carbocycles. The molecule has 1 saturated heterocycles. The fourth-order valence-corrected chi connectivity index (χ4v) is 2.50. The SMILES string of the molecule is CC(C(=O)NC(C)(C)C)N1CCC[C@@H]1C(=O)OC(C)(C)C. The molecule has 1 amide bonds. The Hall–Kier alpha value is -1.10. The minimum atomic E-state index is -0.498. The molecule has 2 atom stereocenters. The predicted octanol–water partition coefficient (Wildman–Crippen LogP) is 2.10. The minimum absolute atomic E-state index is 0.0436. The second-order valence-electron chi connectivity index (χ2n) is 7.84. The third-order valence-corrected chi connectivity index (χ3v) is 3.35. The first kappa shape index (κ1) is 18.0. The number of likely N-dealkylation sites (tertiary alicyclic amines) is 1. The standard InChI is InChI=1S/C16H30N2O3/c1-11(13(19)17-15(2,3)4)18-10-8-9-12(18)14(20)21-16(5,6)7/h11-12H,8-10H2,1-7H3,(H,17,19)/t11?,12-/m1/s1. The van der Waals surface area contributed by atoms with E-state index in [9.17, 15) is 9.59 Å². The molecule has 0 radical (unpaired) electrons. The second-order valence-corrected chi connectivity index (χ2v) is 7.84. The van der Waals surface area contributed by atoms with Crippen LogP contribution in [-0.4, -0.2) is 46.5 Å². The fraction of sp³-hybridized carbons (Fsp3) is 0.875. The molecule has 122 valence electrons. The molecule has 5 heteroatoms.